The Hall–Kier alpha value is -3.71. The number of nitrogens with one attached hydrogen (secondary N) is 1. The number of benzene rings is 3. The van der Waals surface area contributed by atoms with Crippen LogP contribution in [0, 0.1) is 3.57 Å². The van der Waals surface area contributed by atoms with E-state index in [0.29, 0.717) is 27.2 Å². The Morgan fingerprint density at radius 1 is 1.08 bits per heavy atom. The number of ether oxygens (including phenoxy) is 2. The van der Waals surface area contributed by atoms with E-state index in [0.717, 1.165) is 14.9 Å². The summed E-state index contributed by atoms with van der Waals surface area (Å²) in [5, 5.41) is 11.2. The Morgan fingerprint density at radius 2 is 1.76 bits per heavy atom. The van der Waals surface area contributed by atoms with Gasteiger partial charge in [-0.3, -0.25) is 14.9 Å². The van der Waals surface area contributed by atoms with Gasteiger partial charge in [-0.25, -0.2) is 14.5 Å². The van der Waals surface area contributed by atoms with E-state index in [1.54, 1.807) is 12.1 Å². The van der Waals surface area contributed by atoms with Crippen molar-refractivity contribution < 1.29 is 33.8 Å². The number of barbiturate groups is 1. The highest BCUT2D eigenvalue weighted by Gasteiger charge is 2.37. The molecule has 1 aliphatic heterocycles. The number of anilines is 1. The number of nitrogens with zero attached hydrogens (tertiary/aromatic N) is 1. The Morgan fingerprint density at radius 3 is 2.38 bits per heavy atom. The molecule has 1 saturated heterocycles. The number of carboxylic acids is 1. The van der Waals surface area contributed by atoms with Crippen LogP contribution in [0.3, 0.4) is 0 Å². The fraction of sp³-hybridized carbons (Fsp3) is 0.0769. The van der Waals surface area contributed by atoms with Crippen molar-refractivity contribution in [2.45, 2.75) is 6.61 Å². The number of carbonyl (C=O) groups is 4. The largest absolute Gasteiger partial charge is 0.493 e. The number of aromatic carboxylic acids is 1. The van der Waals surface area contributed by atoms with Crippen LogP contribution in [0.15, 0.2) is 70.7 Å². The molecular weight excluding hydrogens is 659 g/mol. The molecule has 0 bridgehead atoms. The maximum atomic E-state index is 13.2. The van der Waals surface area contributed by atoms with Gasteiger partial charge >= 0.3 is 12.0 Å². The van der Waals surface area contributed by atoms with E-state index >= 15 is 0 Å². The monoisotopic (exact) mass is 676 g/mol. The lowest BCUT2D eigenvalue weighted by Crippen LogP contribution is -2.54. The van der Waals surface area contributed by atoms with Gasteiger partial charge in [-0.15, -0.1) is 0 Å². The summed E-state index contributed by atoms with van der Waals surface area (Å²) >= 11 is 5.47. The number of methoxy groups -OCH3 is 1. The van der Waals surface area contributed by atoms with E-state index in [4.69, 9.17) is 14.6 Å². The molecule has 1 aliphatic rings. The molecule has 188 valence electrons. The number of carbonyl (C=O) groups excluding carboxylic acids is 3. The van der Waals surface area contributed by atoms with Crippen LogP contribution in [0.4, 0.5) is 10.5 Å². The lowest BCUT2D eigenvalue weighted by molar-refractivity contribution is -0.122. The maximum Gasteiger partial charge on any atom is 0.335 e. The van der Waals surface area contributed by atoms with Gasteiger partial charge in [-0.2, -0.15) is 0 Å². The topological polar surface area (TPSA) is 122 Å². The van der Waals surface area contributed by atoms with Crippen molar-refractivity contribution in [3.8, 4) is 11.5 Å². The average Bonchev–Trinajstić information content (AvgIpc) is 2.86. The fourth-order valence-electron chi connectivity index (χ4n) is 3.51. The lowest BCUT2D eigenvalue weighted by Gasteiger charge is -2.26. The van der Waals surface area contributed by atoms with Gasteiger partial charge in [0.2, 0.25) is 0 Å². The first kappa shape index (κ1) is 26.4. The van der Waals surface area contributed by atoms with Crippen molar-refractivity contribution in [3.63, 3.8) is 0 Å². The highest BCUT2D eigenvalue weighted by atomic mass is 127. The Balaban J connectivity index is 1.62. The van der Waals surface area contributed by atoms with Gasteiger partial charge in [-0.1, -0.05) is 28.1 Å². The molecule has 4 rings (SSSR count). The van der Waals surface area contributed by atoms with Crippen LogP contribution in [-0.2, 0) is 16.2 Å². The number of hydrogen-bond acceptors (Lipinski definition) is 6. The number of carboxylic acid groups (broad SMARTS) is 1. The average molecular weight is 677 g/mol. The number of urea groups is 1. The van der Waals surface area contributed by atoms with E-state index in [9.17, 15) is 19.2 Å². The zero-order chi connectivity index (χ0) is 26.7. The predicted molar refractivity (Wildman–Crippen MR) is 147 cm³/mol. The SMILES string of the molecule is COc1cc(/C=C2\C(=O)NC(=O)N(c3ccc(C(=O)O)cc3)C2=O)cc(I)c1OCc1ccc(Br)cc1. The molecular formula is C26H18BrIN2O7. The third kappa shape index (κ3) is 5.83. The number of amides is 4. The van der Waals surface area contributed by atoms with E-state index in [1.807, 2.05) is 24.3 Å². The van der Waals surface area contributed by atoms with Crippen LogP contribution in [-0.4, -0.2) is 36.0 Å². The smallest absolute Gasteiger partial charge is 0.335 e. The molecule has 2 N–H and O–H groups in total. The number of hydrogen-bond donors (Lipinski definition) is 2. The Bertz CT molecular complexity index is 1440. The summed E-state index contributed by atoms with van der Waals surface area (Å²) in [7, 11) is 1.48. The van der Waals surface area contributed by atoms with Crippen LogP contribution in [0.2, 0.25) is 0 Å². The standard InChI is InChI=1S/C26H18BrIN2O7/c1-36-21-12-15(11-20(28)22(21)37-13-14-2-6-17(27)7-3-14)10-19-23(31)29-26(35)30(24(19)32)18-8-4-16(5-9-18)25(33)34/h2-12H,13H2,1H3,(H,33,34)(H,29,31,35)/b19-10+. The molecule has 3 aromatic carbocycles. The van der Waals surface area contributed by atoms with E-state index in [-0.39, 0.29) is 16.8 Å². The zero-order valence-electron chi connectivity index (χ0n) is 19.2. The van der Waals surface area contributed by atoms with Crippen molar-refractivity contribution >= 4 is 74.1 Å². The van der Waals surface area contributed by atoms with Gasteiger partial charge in [0.1, 0.15) is 12.2 Å². The van der Waals surface area contributed by atoms with Crippen LogP contribution in [0.5, 0.6) is 11.5 Å². The molecule has 4 amide bonds. The highest BCUT2D eigenvalue weighted by Crippen LogP contribution is 2.35. The first-order valence-corrected chi connectivity index (χ1v) is 12.5. The second-order valence-electron chi connectivity index (χ2n) is 7.76. The second kappa shape index (κ2) is 11.1. The molecule has 11 heteroatoms. The molecule has 0 saturated carbocycles. The van der Waals surface area contributed by atoms with Gasteiger partial charge < -0.3 is 14.6 Å². The van der Waals surface area contributed by atoms with E-state index < -0.39 is 23.8 Å². The molecule has 0 aromatic heterocycles. The highest BCUT2D eigenvalue weighted by molar-refractivity contribution is 14.1. The quantitative estimate of drug-likeness (QED) is 0.205. The molecule has 0 aliphatic carbocycles. The minimum atomic E-state index is -1.15. The molecule has 0 unspecified atom stereocenters. The van der Waals surface area contributed by atoms with Gasteiger partial charge in [0.15, 0.2) is 11.5 Å². The Labute approximate surface area is 233 Å². The lowest BCUT2D eigenvalue weighted by atomic mass is 10.1. The summed E-state index contributed by atoms with van der Waals surface area (Å²) in [5.74, 6) is -1.94. The summed E-state index contributed by atoms with van der Waals surface area (Å²) in [6, 6.07) is 15.2. The summed E-state index contributed by atoms with van der Waals surface area (Å²) in [6.45, 7) is 0.304. The van der Waals surface area contributed by atoms with Crippen LogP contribution in [0.1, 0.15) is 21.5 Å². The fourth-order valence-corrected chi connectivity index (χ4v) is 4.56. The molecule has 37 heavy (non-hydrogen) atoms. The van der Waals surface area contributed by atoms with Crippen LogP contribution in [0.25, 0.3) is 6.08 Å². The maximum absolute atomic E-state index is 13.2. The first-order valence-electron chi connectivity index (χ1n) is 10.7. The second-order valence-corrected chi connectivity index (χ2v) is 9.84. The van der Waals surface area contributed by atoms with E-state index in [2.05, 4.69) is 43.8 Å². The molecule has 0 radical (unpaired) electrons. The van der Waals surface area contributed by atoms with Gasteiger partial charge in [0.05, 0.1) is 21.9 Å². The third-order valence-corrected chi connectivity index (χ3v) is 6.66. The van der Waals surface area contributed by atoms with Crippen molar-refractivity contribution in [3.05, 3.63) is 91.0 Å². The predicted octanol–water partition coefficient (Wildman–Crippen LogP) is 5.01. The minimum absolute atomic E-state index is 0.00966. The zero-order valence-corrected chi connectivity index (χ0v) is 22.9. The summed E-state index contributed by atoms with van der Waals surface area (Å²) in [5.41, 5.74) is 1.27. The number of imide groups is 2. The molecule has 0 atom stereocenters. The van der Waals surface area contributed by atoms with Gasteiger partial charge in [-0.05, 0) is 88.3 Å². The van der Waals surface area contributed by atoms with Gasteiger partial charge in [0, 0.05) is 4.47 Å². The van der Waals surface area contributed by atoms with Crippen molar-refractivity contribution in [2.24, 2.45) is 0 Å². The van der Waals surface area contributed by atoms with Crippen molar-refractivity contribution in [1.29, 1.82) is 0 Å². The molecule has 0 spiro atoms. The number of rotatable bonds is 7. The molecule has 1 fully saturated rings. The summed E-state index contributed by atoms with van der Waals surface area (Å²) in [4.78, 5) is 50.0. The molecule has 3 aromatic rings. The summed E-state index contributed by atoms with van der Waals surface area (Å²) in [6.07, 6.45) is 1.35. The van der Waals surface area contributed by atoms with Crippen molar-refractivity contribution in [2.75, 3.05) is 12.0 Å². The van der Waals surface area contributed by atoms with Gasteiger partial charge in [0.25, 0.3) is 11.8 Å². The molecule has 9 nitrogen and oxygen atoms in total. The minimum Gasteiger partial charge on any atom is -0.493 e. The Kier molecular flexibility index (Phi) is 7.93. The first-order chi connectivity index (χ1) is 17.7. The summed E-state index contributed by atoms with van der Waals surface area (Å²) < 4.78 is 13.1. The van der Waals surface area contributed by atoms with Crippen molar-refractivity contribution in [1.82, 2.24) is 5.32 Å². The van der Waals surface area contributed by atoms with Crippen LogP contribution < -0.4 is 19.7 Å². The normalized spacial score (nSPS) is 14.5. The third-order valence-electron chi connectivity index (χ3n) is 5.33. The molecule has 1 heterocycles. The van der Waals surface area contributed by atoms with Crippen LogP contribution >= 0.6 is 38.5 Å². The van der Waals surface area contributed by atoms with E-state index in [1.165, 1.54) is 37.5 Å². The number of halogens is 2.